The second-order valence-corrected chi connectivity index (χ2v) is 6.49. The van der Waals surface area contributed by atoms with Crippen LogP contribution in [0.1, 0.15) is 17.5 Å². The van der Waals surface area contributed by atoms with Crippen molar-refractivity contribution in [2.45, 2.75) is 19.9 Å². The zero-order valence-corrected chi connectivity index (χ0v) is 15.0. The number of aryl methyl sites for hydroxylation is 1. The first-order valence-electron chi connectivity index (χ1n) is 8.69. The number of hydrazine groups is 1. The van der Waals surface area contributed by atoms with Crippen molar-refractivity contribution in [3.05, 3.63) is 65.5 Å². The monoisotopic (exact) mass is 346 g/mol. The highest BCUT2D eigenvalue weighted by molar-refractivity contribution is 5.99. The number of allylic oxidation sites excluding steroid dienone is 1. The van der Waals surface area contributed by atoms with E-state index in [1.807, 2.05) is 37.5 Å². The van der Waals surface area contributed by atoms with Crippen LogP contribution in [0.25, 0.3) is 0 Å². The molecule has 0 radical (unpaired) electrons. The summed E-state index contributed by atoms with van der Waals surface area (Å²) in [6, 6.07) is 14.4. The van der Waals surface area contributed by atoms with Gasteiger partial charge in [0.1, 0.15) is 5.82 Å². The lowest BCUT2D eigenvalue weighted by atomic mass is 10.1. The van der Waals surface area contributed by atoms with Gasteiger partial charge in [0.25, 0.3) is 0 Å². The SMILES string of the molecule is Cc1ccc(NC2=NC(Nc3cccc4c3CN(C)N4)=CCC=N2)cc1. The minimum absolute atomic E-state index is 0.577. The van der Waals surface area contributed by atoms with E-state index in [0.717, 1.165) is 35.8 Å². The molecule has 2 aliphatic heterocycles. The third-order valence-electron chi connectivity index (χ3n) is 4.31. The Hall–Kier alpha value is -3.12. The number of fused-ring (bicyclic) bond motifs is 1. The van der Waals surface area contributed by atoms with Gasteiger partial charge in [-0.1, -0.05) is 23.8 Å². The van der Waals surface area contributed by atoms with Crippen molar-refractivity contribution in [1.82, 2.24) is 5.01 Å². The highest BCUT2D eigenvalue weighted by atomic mass is 15.5. The standard InChI is InChI=1S/C20H22N6/c1-14-8-10-15(11-9-14)22-20-21-12-4-7-19(24-20)23-17-5-3-6-18-16(17)13-26(2)25-18/h3,5-12,23,25H,4,13H2,1-2H3,(H,22,24). The van der Waals surface area contributed by atoms with Crippen molar-refractivity contribution < 1.29 is 0 Å². The Bertz CT molecular complexity index is 895. The molecule has 2 heterocycles. The smallest absolute Gasteiger partial charge is 0.228 e. The van der Waals surface area contributed by atoms with Crippen LogP contribution >= 0.6 is 0 Å². The maximum Gasteiger partial charge on any atom is 0.228 e. The molecule has 0 fully saturated rings. The zero-order chi connectivity index (χ0) is 17.9. The van der Waals surface area contributed by atoms with E-state index in [2.05, 4.69) is 62.2 Å². The molecule has 0 saturated heterocycles. The van der Waals surface area contributed by atoms with E-state index in [4.69, 9.17) is 0 Å². The van der Waals surface area contributed by atoms with E-state index in [1.54, 1.807) is 0 Å². The molecule has 3 N–H and O–H groups in total. The highest BCUT2D eigenvalue weighted by Gasteiger charge is 2.18. The number of hydrogen-bond donors (Lipinski definition) is 3. The van der Waals surface area contributed by atoms with Gasteiger partial charge >= 0.3 is 0 Å². The van der Waals surface area contributed by atoms with Gasteiger partial charge in [-0.3, -0.25) is 0 Å². The van der Waals surface area contributed by atoms with Crippen LogP contribution < -0.4 is 16.1 Å². The molecule has 26 heavy (non-hydrogen) atoms. The molecule has 132 valence electrons. The molecule has 6 heteroatoms. The minimum atomic E-state index is 0.577. The Morgan fingerprint density at radius 1 is 1.08 bits per heavy atom. The maximum atomic E-state index is 4.66. The van der Waals surface area contributed by atoms with Crippen molar-refractivity contribution in [1.29, 1.82) is 0 Å². The fourth-order valence-corrected chi connectivity index (χ4v) is 3.00. The number of aliphatic imine (C=N–C) groups is 2. The first-order chi connectivity index (χ1) is 12.7. The second-order valence-electron chi connectivity index (χ2n) is 6.49. The van der Waals surface area contributed by atoms with Gasteiger partial charge in [-0.05, 0) is 37.3 Å². The third-order valence-corrected chi connectivity index (χ3v) is 4.31. The normalized spacial score (nSPS) is 16.2. The fourth-order valence-electron chi connectivity index (χ4n) is 3.00. The maximum absolute atomic E-state index is 4.66. The van der Waals surface area contributed by atoms with Crippen LogP contribution in [0.4, 0.5) is 17.1 Å². The Morgan fingerprint density at radius 3 is 2.77 bits per heavy atom. The topological polar surface area (TPSA) is 64.1 Å². The average Bonchev–Trinajstić information content (AvgIpc) is 2.87. The van der Waals surface area contributed by atoms with Crippen LogP contribution in [0.5, 0.6) is 0 Å². The molecule has 2 aromatic rings. The molecule has 0 spiro atoms. The summed E-state index contributed by atoms with van der Waals surface area (Å²) in [4.78, 5) is 9.08. The predicted octanol–water partition coefficient (Wildman–Crippen LogP) is 3.96. The molecular weight excluding hydrogens is 324 g/mol. The van der Waals surface area contributed by atoms with Crippen LogP contribution in [0.2, 0.25) is 0 Å². The molecule has 0 bridgehead atoms. The molecular formula is C20H22N6. The molecule has 0 aromatic heterocycles. The predicted molar refractivity (Wildman–Crippen MR) is 109 cm³/mol. The summed E-state index contributed by atoms with van der Waals surface area (Å²) in [6.45, 7) is 2.92. The van der Waals surface area contributed by atoms with Crippen LogP contribution in [-0.4, -0.2) is 24.2 Å². The Kier molecular flexibility index (Phi) is 4.41. The summed E-state index contributed by atoms with van der Waals surface area (Å²) in [5.74, 6) is 1.37. The van der Waals surface area contributed by atoms with Crippen molar-refractivity contribution in [3.8, 4) is 0 Å². The number of nitrogens with zero attached hydrogens (tertiary/aromatic N) is 3. The van der Waals surface area contributed by atoms with Gasteiger partial charge in [-0.25, -0.2) is 10.0 Å². The van der Waals surface area contributed by atoms with Crippen LogP contribution in [0, 0.1) is 6.92 Å². The quantitative estimate of drug-likeness (QED) is 0.787. The summed E-state index contributed by atoms with van der Waals surface area (Å²) in [5.41, 5.74) is 8.96. The van der Waals surface area contributed by atoms with Crippen LogP contribution in [0.3, 0.4) is 0 Å². The first-order valence-corrected chi connectivity index (χ1v) is 8.69. The summed E-state index contributed by atoms with van der Waals surface area (Å²) in [5, 5.41) is 8.79. The van der Waals surface area contributed by atoms with Crippen molar-refractivity contribution in [2.24, 2.45) is 9.98 Å². The minimum Gasteiger partial charge on any atom is -0.340 e. The zero-order valence-electron chi connectivity index (χ0n) is 15.0. The van der Waals surface area contributed by atoms with Gasteiger partial charge in [-0.2, -0.15) is 4.99 Å². The summed E-state index contributed by atoms with van der Waals surface area (Å²) >= 11 is 0. The molecule has 0 amide bonds. The van der Waals surface area contributed by atoms with Gasteiger partial charge in [0, 0.05) is 43.2 Å². The lowest BCUT2D eigenvalue weighted by Crippen LogP contribution is -2.16. The van der Waals surface area contributed by atoms with Gasteiger partial charge in [0.05, 0.1) is 5.69 Å². The number of benzene rings is 2. The van der Waals surface area contributed by atoms with Crippen LogP contribution in [0.15, 0.2) is 64.3 Å². The Labute approximate surface area is 153 Å². The molecule has 2 aliphatic rings. The van der Waals surface area contributed by atoms with Crippen molar-refractivity contribution in [3.63, 3.8) is 0 Å². The van der Waals surface area contributed by atoms with Gasteiger partial charge in [-0.15, -0.1) is 0 Å². The Balaban J connectivity index is 1.54. The highest BCUT2D eigenvalue weighted by Crippen LogP contribution is 2.31. The largest absolute Gasteiger partial charge is 0.340 e. The number of guanidine groups is 1. The lowest BCUT2D eigenvalue weighted by Gasteiger charge is -2.11. The second kappa shape index (κ2) is 7.01. The summed E-state index contributed by atoms with van der Waals surface area (Å²) in [6.07, 6.45) is 4.64. The fraction of sp³-hybridized carbons (Fsp3) is 0.200. The molecule has 0 unspecified atom stereocenters. The van der Waals surface area contributed by atoms with E-state index in [1.165, 1.54) is 11.1 Å². The lowest BCUT2D eigenvalue weighted by molar-refractivity contribution is 0.423. The number of rotatable bonds is 3. The molecule has 0 atom stereocenters. The first kappa shape index (κ1) is 16.4. The summed E-state index contributed by atoms with van der Waals surface area (Å²) < 4.78 is 0. The van der Waals surface area contributed by atoms with Crippen molar-refractivity contribution >= 4 is 29.2 Å². The van der Waals surface area contributed by atoms with Crippen molar-refractivity contribution in [2.75, 3.05) is 23.1 Å². The molecule has 6 nitrogen and oxygen atoms in total. The van der Waals surface area contributed by atoms with Gasteiger partial charge in [0.15, 0.2) is 0 Å². The molecule has 0 aliphatic carbocycles. The molecule has 0 saturated carbocycles. The number of hydrogen-bond acceptors (Lipinski definition) is 6. The third kappa shape index (κ3) is 3.60. The molecule has 2 aromatic carbocycles. The Morgan fingerprint density at radius 2 is 1.92 bits per heavy atom. The van der Waals surface area contributed by atoms with E-state index < -0.39 is 0 Å². The van der Waals surface area contributed by atoms with E-state index in [9.17, 15) is 0 Å². The van der Waals surface area contributed by atoms with Gasteiger partial charge < -0.3 is 16.1 Å². The van der Waals surface area contributed by atoms with E-state index in [0.29, 0.717) is 5.96 Å². The van der Waals surface area contributed by atoms with Gasteiger partial charge in [0.2, 0.25) is 5.96 Å². The number of anilines is 3. The van der Waals surface area contributed by atoms with E-state index >= 15 is 0 Å². The average molecular weight is 346 g/mol. The molecule has 4 rings (SSSR count). The summed E-state index contributed by atoms with van der Waals surface area (Å²) in [7, 11) is 2.03. The van der Waals surface area contributed by atoms with Crippen LogP contribution in [-0.2, 0) is 6.54 Å². The van der Waals surface area contributed by atoms with E-state index in [-0.39, 0.29) is 0 Å². The number of nitrogens with one attached hydrogen (secondary N) is 3.